The highest BCUT2D eigenvalue weighted by molar-refractivity contribution is 7.98. The molecule has 4 rings (SSSR count). The highest BCUT2D eigenvalue weighted by Crippen LogP contribution is 2.26. The van der Waals surface area contributed by atoms with Crippen molar-refractivity contribution in [1.29, 1.82) is 0 Å². The number of nitrogens with zero attached hydrogens (tertiary/aromatic N) is 1. The summed E-state index contributed by atoms with van der Waals surface area (Å²) in [7, 11) is -8.04. The number of amides is 1. The second kappa shape index (κ2) is 12.1. The number of benzene rings is 4. The number of nitrogens with one attached hydrogen (secondary N) is 2. The molecule has 208 valence electrons. The van der Waals surface area contributed by atoms with Crippen LogP contribution in [-0.2, 0) is 24.8 Å². The van der Waals surface area contributed by atoms with Crippen LogP contribution in [0.4, 0.5) is 21.5 Å². The van der Waals surface area contributed by atoms with Crippen molar-refractivity contribution in [3.8, 4) is 0 Å². The molecular weight excluding hydrogens is 574 g/mol. The van der Waals surface area contributed by atoms with E-state index in [1.165, 1.54) is 60.3 Å². The first-order valence-corrected chi connectivity index (χ1v) is 16.0. The van der Waals surface area contributed by atoms with Gasteiger partial charge < -0.3 is 5.32 Å². The summed E-state index contributed by atoms with van der Waals surface area (Å²) >= 11 is 1.48. The van der Waals surface area contributed by atoms with Crippen LogP contribution in [0.3, 0.4) is 0 Å². The monoisotopic (exact) mass is 599 g/mol. The van der Waals surface area contributed by atoms with E-state index in [0.717, 1.165) is 26.9 Å². The number of hydrogen-bond donors (Lipinski definition) is 2. The maximum absolute atomic E-state index is 13.6. The van der Waals surface area contributed by atoms with E-state index in [-0.39, 0.29) is 21.2 Å². The summed E-state index contributed by atoms with van der Waals surface area (Å²) in [6.45, 7) is 1.36. The Labute approximate surface area is 237 Å². The van der Waals surface area contributed by atoms with E-state index in [0.29, 0.717) is 5.69 Å². The molecule has 0 fully saturated rings. The SMILES string of the molecule is CSc1ccc(S(=O)(=O)N(CC(=O)Nc2ccc(S(=O)(=O)Nc3ccc(F)cc3)cc2)c2ccc(C)cc2)cc1. The number of sulfonamides is 2. The highest BCUT2D eigenvalue weighted by Gasteiger charge is 2.27. The van der Waals surface area contributed by atoms with Crippen molar-refractivity contribution in [2.45, 2.75) is 21.6 Å². The lowest BCUT2D eigenvalue weighted by Gasteiger charge is -2.24. The van der Waals surface area contributed by atoms with Crippen molar-refractivity contribution in [2.75, 3.05) is 27.1 Å². The molecule has 0 aromatic heterocycles. The molecule has 0 saturated heterocycles. The molecule has 4 aromatic carbocycles. The number of rotatable bonds is 10. The van der Waals surface area contributed by atoms with Gasteiger partial charge in [0.05, 0.1) is 15.5 Å². The molecule has 8 nitrogen and oxygen atoms in total. The van der Waals surface area contributed by atoms with Crippen LogP contribution in [0.1, 0.15) is 5.56 Å². The third-order valence-electron chi connectivity index (χ3n) is 5.80. The van der Waals surface area contributed by atoms with Gasteiger partial charge in [0.1, 0.15) is 12.4 Å². The molecule has 2 N–H and O–H groups in total. The smallest absolute Gasteiger partial charge is 0.264 e. The van der Waals surface area contributed by atoms with Gasteiger partial charge in [0.2, 0.25) is 5.91 Å². The standard InChI is InChI=1S/C28H26FN3O5S3/c1-20-3-11-24(12-4-20)32(40(36,37)27-17-13-25(38-2)14-18-27)19-28(33)30-22-9-15-26(16-10-22)39(34,35)31-23-7-5-21(29)6-8-23/h3-18,31H,19H2,1-2H3,(H,30,33). The first-order chi connectivity index (χ1) is 19.0. The largest absolute Gasteiger partial charge is 0.325 e. The summed E-state index contributed by atoms with van der Waals surface area (Å²) in [6, 6.07) is 23.4. The molecule has 0 aliphatic rings. The van der Waals surface area contributed by atoms with Gasteiger partial charge in [-0.25, -0.2) is 21.2 Å². The van der Waals surface area contributed by atoms with Crippen LogP contribution in [0.25, 0.3) is 0 Å². The highest BCUT2D eigenvalue weighted by atomic mass is 32.2. The van der Waals surface area contributed by atoms with E-state index in [4.69, 9.17) is 0 Å². The molecular formula is C28H26FN3O5S3. The molecule has 0 aliphatic carbocycles. The third kappa shape index (κ3) is 7.00. The van der Waals surface area contributed by atoms with Gasteiger partial charge >= 0.3 is 0 Å². The second-order valence-electron chi connectivity index (χ2n) is 8.71. The van der Waals surface area contributed by atoms with Gasteiger partial charge in [0.15, 0.2) is 0 Å². The lowest BCUT2D eigenvalue weighted by atomic mass is 10.2. The Kier molecular flexibility index (Phi) is 8.82. The molecule has 4 aromatic rings. The first-order valence-electron chi connectivity index (χ1n) is 11.9. The lowest BCUT2D eigenvalue weighted by molar-refractivity contribution is -0.114. The van der Waals surface area contributed by atoms with Gasteiger partial charge in [0.25, 0.3) is 20.0 Å². The zero-order valence-electron chi connectivity index (χ0n) is 21.5. The van der Waals surface area contributed by atoms with Crippen molar-refractivity contribution in [2.24, 2.45) is 0 Å². The van der Waals surface area contributed by atoms with E-state index < -0.39 is 38.3 Å². The summed E-state index contributed by atoms with van der Waals surface area (Å²) in [5.41, 5.74) is 1.72. The van der Waals surface area contributed by atoms with Gasteiger partial charge in [0, 0.05) is 16.3 Å². The van der Waals surface area contributed by atoms with E-state index in [2.05, 4.69) is 10.0 Å². The van der Waals surface area contributed by atoms with Crippen molar-refractivity contribution in [1.82, 2.24) is 0 Å². The maximum Gasteiger partial charge on any atom is 0.264 e. The minimum atomic E-state index is -4.09. The molecule has 0 unspecified atom stereocenters. The number of halogens is 1. The number of carbonyl (C=O) groups is 1. The minimum absolute atomic E-state index is 0.0434. The Morgan fingerprint density at radius 1 is 0.775 bits per heavy atom. The van der Waals surface area contributed by atoms with E-state index >= 15 is 0 Å². The number of anilines is 3. The number of thioether (sulfide) groups is 1. The molecule has 0 heterocycles. The molecule has 12 heteroatoms. The van der Waals surface area contributed by atoms with Crippen LogP contribution in [-0.4, -0.2) is 35.5 Å². The molecule has 0 bridgehead atoms. The Morgan fingerprint density at radius 2 is 1.32 bits per heavy atom. The van der Waals surface area contributed by atoms with Crippen molar-refractivity contribution in [3.63, 3.8) is 0 Å². The number of carbonyl (C=O) groups excluding carboxylic acids is 1. The van der Waals surface area contributed by atoms with Crippen molar-refractivity contribution < 1.29 is 26.0 Å². The fourth-order valence-corrected chi connectivity index (χ4v) is 6.57. The average Bonchev–Trinajstić information content (AvgIpc) is 2.94. The molecule has 0 radical (unpaired) electrons. The Morgan fingerprint density at radius 3 is 1.90 bits per heavy atom. The molecule has 0 atom stereocenters. The second-order valence-corrected chi connectivity index (χ2v) is 13.1. The van der Waals surface area contributed by atoms with Gasteiger partial charge in [-0.15, -0.1) is 11.8 Å². The van der Waals surface area contributed by atoms with E-state index in [9.17, 15) is 26.0 Å². The van der Waals surface area contributed by atoms with Crippen molar-refractivity contribution in [3.05, 3.63) is 108 Å². The topological polar surface area (TPSA) is 113 Å². The Balaban J connectivity index is 1.52. The maximum atomic E-state index is 13.6. The van der Waals surface area contributed by atoms with Gasteiger partial charge in [-0.05, 0) is 98.1 Å². The van der Waals surface area contributed by atoms with Gasteiger partial charge in [-0.2, -0.15) is 0 Å². The summed E-state index contributed by atoms with van der Waals surface area (Å²) in [5.74, 6) is -1.12. The molecule has 0 aliphatic heterocycles. The van der Waals surface area contributed by atoms with Crippen LogP contribution < -0.4 is 14.3 Å². The predicted molar refractivity (Wildman–Crippen MR) is 156 cm³/mol. The zero-order chi connectivity index (χ0) is 28.9. The fourth-order valence-electron chi connectivity index (χ4n) is 3.68. The van der Waals surface area contributed by atoms with Crippen molar-refractivity contribution >= 4 is 54.8 Å². The number of hydrogen-bond acceptors (Lipinski definition) is 6. The first kappa shape index (κ1) is 29.1. The van der Waals surface area contributed by atoms with Crippen LogP contribution in [0.15, 0.2) is 112 Å². The fraction of sp³-hybridized carbons (Fsp3) is 0.107. The van der Waals surface area contributed by atoms with Gasteiger partial charge in [-0.3, -0.25) is 13.8 Å². The normalized spacial score (nSPS) is 11.6. The summed E-state index contributed by atoms with van der Waals surface area (Å²) in [6.07, 6.45) is 1.89. The van der Waals surface area contributed by atoms with Gasteiger partial charge in [-0.1, -0.05) is 17.7 Å². The van der Waals surface area contributed by atoms with E-state index in [1.54, 1.807) is 36.4 Å². The molecule has 40 heavy (non-hydrogen) atoms. The van der Waals surface area contributed by atoms with Crippen LogP contribution in [0.5, 0.6) is 0 Å². The summed E-state index contributed by atoms with van der Waals surface area (Å²) in [4.78, 5) is 13.9. The minimum Gasteiger partial charge on any atom is -0.325 e. The number of aryl methyl sites for hydroxylation is 1. The van der Waals surface area contributed by atoms with Crippen LogP contribution >= 0.6 is 11.8 Å². The van der Waals surface area contributed by atoms with Crippen LogP contribution in [0.2, 0.25) is 0 Å². The summed E-state index contributed by atoms with van der Waals surface area (Å²) < 4.78 is 69.0. The zero-order valence-corrected chi connectivity index (χ0v) is 24.0. The molecule has 0 spiro atoms. The van der Waals surface area contributed by atoms with E-state index in [1.807, 2.05) is 13.2 Å². The van der Waals surface area contributed by atoms with Crippen LogP contribution in [0, 0.1) is 12.7 Å². The Bertz CT molecular complexity index is 1690. The average molecular weight is 600 g/mol. The molecule has 1 amide bonds. The third-order valence-corrected chi connectivity index (χ3v) is 9.73. The Hall–Kier alpha value is -3.87. The quantitative estimate of drug-likeness (QED) is 0.233. The summed E-state index contributed by atoms with van der Waals surface area (Å²) in [5, 5.41) is 2.62. The predicted octanol–water partition coefficient (Wildman–Crippen LogP) is 5.49. The lowest BCUT2D eigenvalue weighted by Crippen LogP contribution is -2.38. The molecule has 0 saturated carbocycles.